The number of aryl methyl sites for hydroxylation is 1. The Morgan fingerprint density at radius 2 is 1.77 bits per heavy atom. The van der Waals surface area contributed by atoms with Crippen molar-refractivity contribution in [3.63, 3.8) is 0 Å². The van der Waals surface area contributed by atoms with Crippen LogP contribution < -0.4 is 9.47 Å². The van der Waals surface area contributed by atoms with Crippen molar-refractivity contribution in [3.05, 3.63) is 52.0 Å². The molecule has 1 unspecified atom stereocenters. The van der Waals surface area contributed by atoms with Crippen LogP contribution in [0.1, 0.15) is 11.1 Å². The number of halogens is 1. The fourth-order valence-corrected chi connectivity index (χ4v) is 5.21. The first-order chi connectivity index (χ1) is 10.7. The Hall–Kier alpha value is -1.12. The summed E-state index contributed by atoms with van der Waals surface area (Å²) in [6, 6.07) is 11.6. The Labute approximate surface area is 146 Å². The van der Waals surface area contributed by atoms with Gasteiger partial charge in [0.2, 0.25) is 0 Å². The molecule has 0 saturated carbocycles. The molecule has 0 aromatic heterocycles. The van der Waals surface area contributed by atoms with Crippen molar-refractivity contribution in [2.24, 2.45) is 0 Å². The summed E-state index contributed by atoms with van der Waals surface area (Å²) in [5.74, 6) is 2.13. The van der Waals surface area contributed by atoms with Crippen molar-refractivity contribution in [1.29, 1.82) is 0 Å². The monoisotopic (exact) mass is 426 g/mol. The molecule has 118 valence electrons. The Kier molecular flexibility index (Phi) is 6.66. The number of phenolic OH excluding ortho intramolecular Hbond substituents is 1. The van der Waals surface area contributed by atoms with Gasteiger partial charge in [-0.3, -0.25) is 0 Å². The molecule has 2 aromatic carbocycles. The van der Waals surface area contributed by atoms with E-state index in [9.17, 15) is 5.11 Å². The molecule has 0 aliphatic rings. The maximum atomic E-state index is 9.79. The van der Waals surface area contributed by atoms with Gasteiger partial charge >= 0.3 is 147 Å². The topological polar surface area (TPSA) is 38.7 Å². The number of benzene rings is 2. The Morgan fingerprint density at radius 3 is 2.45 bits per heavy atom. The summed E-state index contributed by atoms with van der Waals surface area (Å²) in [6.07, 6.45) is 0.973. The van der Waals surface area contributed by atoms with Crippen molar-refractivity contribution in [2.75, 3.05) is 14.2 Å². The predicted octanol–water partition coefficient (Wildman–Crippen LogP) is 3.77. The third-order valence-corrected chi connectivity index (χ3v) is 6.64. The molecule has 0 heterocycles. The van der Waals surface area contributed by atoms with E-state index >= 15 is 0 Å². The molecule has 0 aliphatic heterocycles. The molecule has 2 rings (SSSR count). The van der Waals surface area contributed by atoms with Crippen LogP contribution in [0.3, 0.4) is 0 Å². The van der Waals surface area contributed by atoms with Crippen molar-refractivity contribution in [1.82, 2.24) is 0 Å². The predicted molar refractivity (Wildman–Crippen MR) is 94.7 cm³/mol. The van der Waals surface area contributed by atoms with Crippen molar-refractivity contribution < 1.29 is 14.6 Å². The summed E-state index contributed by atoms with van der Waals surface area (Å²) in [7, 11) is 3.36. The number of ether oxygens (including phenoxy) is 2. The summed E-state index contributed by atoms with van der Waals surface area (Å²) in [5, 5.41) is 11.9. The number of methoxy groups -OCH3 is 2. The number of aromatic hydroxyl groups is 1. The summed E-state index contributed by atoms with van der Waals surface area (Å²) >= 11 is 3.33. The van der Waals surface area contributed by atoms with Crippen LogP contribution in [0.4, 0.5) is 0 Å². The van der Waals surface area contributed by atoms with E-state index in [-0.39, 0.29) is 15.8 Å². The first-order valence-electron chi connectivity index (χ1n) is 7.03. The van der Waals surface area contributed by atoms with Crippen molar-refractivity contribution >= 4 is 31.7 Å². The number of para-hydroxylation sites is 1. The van der Waals surface area contributed by atoms with Gasteiger partial charge in [-0.1, -0.05) is 0 Å². The second kappa shape index (κ2) is 8.50. The van der Waals surface area contributed by atoms with E-state index in [0.29, 0.717) is 5.75 Å². The van der Waals surface area contributed by atoms with Gasteiger partial charge < -0.3 is 0 Å². The first kappa shape index (κ1) is 17.2. The van der Waals surface area contributed by atoms with Crippen LogP contribution in [0.15, 0.2) is 40.9 Å². The molecular formula is C17H20AsBrO3. The van der Waals surface area contributed by atoms with Crippen LogP contribution in [-0.4, -0.2) is 35.1 Å². The average molecular weight is 427 g/mol. The molecule has 0 amide bonds. The zero-order valence-corrected chi connectivity index (χ0v) is 16.4. The van der Waals surface area contributed by atoms with Gasteiger partial charge in [-0.2, -0.15) is 0 Å². The summed E-state index contributed by atoms with van der Waals surface area (Å²) < 4.78 is 11.7. The fraction of sp³-hybridized carbons (Fsp3) is 0.294. The van der Waals surface area contributed by atoms with Gasteiger partial charge in [-0.25, -0.2) is 0 Å². The van der Waals surface area contributed by atoms with Gasteiger partial charge in [-0.05, 0) is 0 Å². The Balaban J connectivity index is 1.95. The van der Waals surface area contributed by atoms with Gasteiger partial charge in [-0.15, -0.1) is 0 Å². The van der Waals surface area contributed by atoms with Gasteiger partial charge in [0.25, 0.3) is 0 Å². The van der Waals surface area contributed by atoms with Gasteiger partial charge in [0.1, 0.15) is 0 Å². The normalized spacial score (nSPS) is 11.0. The van der Waals surface area contributed by atoms with Crippen LogP contribution in [0.5, 0.6) is 17.2 Å². The van der Waals surface area contributed by atoms with Crippen molar-refractivity contribution in [3.8, 4) is 17.2 Å². The van der Waals surface area contributed by atoms with Gasteiger partial charge in [0.15, 0.2) is 0 Å². The number of hydrogen-bond donors (Lipinski definition) is 1. The third kappa shape index (κ3) is 4.44. The van der Waals surface area contributed by atoms with Crippen LogP contribution >= 0.6 is 15.9 Å². The van der Waals surface area contributed by atoms with E-state index in [4.69, 9.17) is 9.47 Å². The fourth-order valence-electron chi connectivity index (χ4n) is 2.23. The molecule has 1 atom stereocenters. The van der Waals surface area contributed by atoms with Gasteiger partial charge in [0, 0.05) is 0 Å². The van der Waals surface area contributed by atoms with E-state index < -0.39 is 0 Å². The molecule has 5 heteroatoms. The quantitative estimate of drug-likeness (QED) is 0.541. The maximum absolute atomic E-state index is 9.79. The molecule has 0 bridgehead atoms. The van der Waals surface area contributed by atoms with Crippen LogP contribution in [0.2, 0.25) is 5.21 Å². The minimum absolute atomic E-state index is 0.144. The molecule has 1 N–H and O–H groups in total. The molecule has 22 heavy (non-hydrogen) atoms. The molecule has 0 spiro atoms. The summed E-state index contributed by atoms with van der Waals surface area (Å²) in [4.78, 5) is 0. The van der Waals surface area contributed by atoms with Crippen LogP contribution in [0.25, 0.3) is 0 Å². The Morgan fingerprint density at radius 1 is 1.05 bits per heavy atom. The summed E-state index contributed by atoms with van der Waals surface area (Å²) in [5.41, 5.74) is 2.23. The number of phenols is 1. The van der Waals surface area contributed by atoms with E-state index in [1.807, 2.05) is 30.3 Å². The zero-order chi connectivity index (χ0) is 15.9. The standard InChI is InChI=1S/C17H20AsBrO3/c1-21-16-10-14(19)17(22-2)9-12(16)7-8-18-11-13-5-3-4-6-15(13)20/h3-6,9-10,18,20H,7-8,11H2,1-2H3. The van der Waals surface area contributed by atoms with Crippen LogP contribution in [-0.2, 0) is 11.6 Å². The van der Waals surface area contributed by atoms with E-state index in [1.165, 1.54) is 5.56 Å². The van der Waals surface area contributed by atoms with Gasteiger partial charge in [0.05, 0.1) is 0 Å². The SMILES string of the molecule is COc1cc(CC[AsH]Cc2ccccc2O)c(OC)cc1Br. The zero-order valence-electron chi connectivity index (χ0n) is 12.7. The minimum atomic E-state index is -0.144. The molecule has 0 aliphatic carbocycles. The molecule has 3 nitrogen and oxygen atoms in total. The molecule has 2 aromatic rings. The van der Waals surface area contributed by atoms with Crippen molar-refractivity contribution in [2.45, 2.75) is 16.8 Å². The third-order valence-electron chi connectivity index (χ3n) is 3.43. The second-order valence-corrected chi connectivity index (χ2v) is 8.55. The van der Waals surface area contributed by atoms with E-state index in [0.717, 1.165) is 38.4 Å². The summed E-state index contributed by atoms with van der Waals surface area (Å²) in [6.45, 7) is 0. The number of rotatable bonds is 7. The molecular weight excluding hydrogens is 407 g/mol. The Bertz CT molecular complexity index is 631. The van der Waals surface area contributed by atoms with E-state index in [2.05, 4.69) is 15.9 Å². The second-order valence-electron chi connectivity index (χ2n) is 4.85. The molecule has 0 fully saturated rings. The first-order valence-corrected chi connectivity index (χ1v) is 10.8. The molecule has 0 saturated heterocycles. The number of hydrogen-bond acceptors (Lipinski definition) is 3. The average Bonchev–Trinajstić information content (AvgIpc) is 2.53. The van der Waals surface area contributed by atoms with Crippen LogP contribution in [0, 0.1) is 0 Å². The molecule has 0 radical (unpaired) electrons. The van der Waals surface area contributed by atoms with E-state index in [1.54, 1.807) is 20.3 Å².